The van der Waals surface area contributed by atoms with Crippen LogP contribution in [0.2, 0.25) is 0 Å². The van der Waals surface area contributed by atoms with Crippen LogP contribution in [0.15, 0.2) is 58.3 Å². The molecule has 0 aliphatic carbocycles. The predicted molar refractivity (Wildman–Crippen MR) is 112 cm³/mol. The zero-order chi connectivity index (χ0) is 21.7. The van der Waals surface area contributed by atoms with E-state index in [0.717, 1.165) is 28.0 Å². The molecule has 0 amide bonds. The van der Waals surface area contributed by atoms with Crippen molar-refractivity contribution in [3.05, 3.63) is 59.0 Å². The van der Waals surface area contributed by atoms with E-state index in [2.05, 4.69) is 30.3 Å². The molecule has 12 heteroatoms. The third-order valence-electron chi connectivity index (χ3n) is 4.47. The molecule has 0 fully saturated rings. The van der Waals surface area contributed by atoms with E-state index < -0.39 is 21.8 Å². The van der Waals surface area contributed by atoms with Crippen LogP contribution in [-0.2, 0) is 16.2 Å². The Hall–Kier alpha value is -2.44. The van der Waals surface area contributed by atoms with Crippen LogP contribution in [0, 0.1) is 0 Å². The van der Waals surface area contributed by atoms with E-state index in [0.29, 0.717) is 26.5 Å². The highest BCUT2D eigenvalue weighted by molar-refractivity contribution is 9.10. The molecule has 0 aliphatic rings. The standard InChI is InChI=1S/C18H12BrF3N4O2S2/c1-26(17-24-9-25-29-17)30(27,28)13-2-3-14-15(8-23-16(14)7-13)10-4-11(18(20,21)22)6-12(19)5-10/h2-9,23H,1H3. The second-order valence-electron chi connectivity index (χ2n) is 6.33. The molecule has 4 rings (SSSR count). The molecule has 0 aliphatic heterocycles. The van der Waals surface area contributed by atoms with Gasteiger partial charge in [-0.15, -0.1) is 0 Å². The zero-order valence-corrected chi connectivity index (χ0v) is 18.3. The zero-order valence-electron chi connectivity index (χ0n) is 15.1. The number of nitrogens with zero attached hydrogens (tertiary/aromatic N) is 3. The van der Waals surface area contributed by atoms with Gasteiger partial charge in [0.1, 0.15) is 6.33 Å². The maximum atomic E-state index is 13.2. The van der Waals surface area contributed by atoms with Crippen molar-refractivity contribution >= 4 is 53.5 Å². The predicted octanol–water partition coefficient (Wildman–Crippen LogP) is 5.29. The van der Waals surface area contributed by atoms with Gasteiger partial charge in [-0.05, 0) is 35.9 Å². The lowest BCUT2D eigenvalue weighted by atomic mass is 10.0. The monoisotopic (exact) mass is 516 g/mol. The number of nitrogens with one attached hydrogen (secondary N) is 1. The summed E-state index contributed by atoms with van der Waals surface area (Å²) in [4.78, 5) is 6.87. The summed E-state index contributed by atoms with van der Waals surface area (Å²) in [5.41, 5.74) is 0.576. The maximum Gasteiger partial charge on any atom is 0.416 e. The molecule has 0 radical (unpaired) electrons. The summed E-state index contributed by atoms with van der Waals surface area (Å²) in [5, 5.41) is 0.815. The maximum absolute atomic E-state index is 13.2. The van der Waals surface area contributed by atoms with Crippen LogP contribution >= 0.6 is 27.5 Å². The number of hydrogen-bond acceptors (Lipinski definition) is 5. The van der Waals surface area contributed by atoms with E-state index in [1.807, 2.05) is 0 Å². The van der Waals surface area contributed by atoms with Crippen LogP contribution in [0.5, 0.6) is 0 Å². The molecule has 30 heavy (non-hydrogen) atoms. The van der Waals surface area contributed by atoms with Gasteiger partial charge in [0.05, 0.1) is 10.5 Å². The van der Waals surface area contributed by atoms with Gasteiger partial charge in [0, 0.05) is 45.7 Å². The summed E-state index contributed by atoms with van der Waals surface area (Å²) in [6.45, 7) is 0. The Bertz CT molecular complexity index is 1340. The van der Waals surface area contributed by atoms with Crippen molar-refractivity contribution in [2.45, 2.75) is 11.1 Å². The van der Waals surface area contributed by atoms with E-state index in [1.54, 1.807) is 18.3 Å². The topological polar surface area (TPSA) is 79.0 Å². The highest BCUT2D eigenvalue weighted by Gasteiger charge is 2.31. The van der Waals surface area contributed by atoms with Crippen molar-refractivity contribution in [1.82, 2.24) is 14.3 Å². The van der Waals surface area contributed by atoms with Crippen LogP contribution < -0.4 is 4.31 Å². The molecule has 0 bridgehead atoms. The third-order valence-corrected chi connectivity index (χ3v) is 7.53. The summed E-state index contributed by atoms with van der Waals surface area (Å²) in [5.74, 6) is 0. The van der Waals surface area contributed by atoms with Gasteiger partial charge >= 0.3 is 6.18 Å². The first kappa shape index (κ1) is 20.8. The van der Waals surface area contributed by atoms with Crippen molar-refractivity contribution in [3.63, 3.8) is 0 Å². The summed E-state index contributed by atoms with van der Waals surface area (Å²) >= 11 is 4.07. The fourth-order valence-corrected chi connectivity index (χ4v) is 5.34. The molecule has 0 saturated heterocycles. The Kier molecular flexibility index (Phi) is 5.11. The molecular weight excluding hydrogens is 505 g/mol. The number of sulfonamides is 1. The van der Waals surface area contributed by atoms with Gasteiger partial charge in [0.25, 0.3) is 10.0 Å². The molecule has 2 heterocycles. The van der Waals surface area contributed by atoms with Crippen molar-refractivity contribution < 1.29 is 21.6 Å². The van der Waals surface area contributed by atoms with E-state index in [4.69, 9.17) is 0 Å². The molecule has 2 aromatic heterocycles. The molecular formula is C18H12BrF3N4O2S2. The lowest BCUT2D eigenvalue weighted by Gasteiger charge is -2.15. The van der Waals surface area contributed by atoms with Crippen LogP contribution in [0.4, 0.5) is 18.3 Å². The average molecular weight is 517 g/mol. The molecule has 4 aromatic rings. The number of alkyl halides is 3. The van der Waals surface area contributed by atoms with Gasteiger partial charge < -0.3 is 4.98 Å². The molecule has 6 nitrogen and oxygen atoms in total. The summed E-state index contributed by atoms with van der Waals surface area (Å²) in [6.07, 6.45) is -1.67. The Labute approximate surface area is 181 Å². The average Bonchev–Trinajstić information content (AvgIpc) is 3.35. The van der Waals surface area contributed by atoms with E-state index in [-0.39, 0.29) is 10.0 Å². The number of aromatic nitrogens is 3. The normalized spacial score (nSPS) is 12.4. The molecule has 0 spiro atoms. The van der Waals surface area contributed by atoms with Crippen molar-refractivity contribution in [1.29, 1.82) is 0 Å². The van der Waals surface area contributed by atoms with Gasteiger partial charge in [0.15, 0.2) is 0 Å². The number of rotatable bonds is 4. The molecule has 2 aromatic carbocycles. The first-order valence-electron chi connectivity index (χ1n) is 8.32. The molecule has 0 unspecified atom stereocenters. The number of H-pyrrole nitrogens is 1. The third kappa shape index (κ3) is 3.70. The highest BCUT2D eigenvalue weighted by atomic mass is 79.9. The second kappa shape index (κ2) is 7.36. The van der Waals surface area contributed by atoms with Gasteiger partial charge in [-0.25, -0.2) is 17.7 Å². The fourth-order valence-electron chi connectivity index (χ4n) is 2.98. The van der Waals surface area contributed by atoms with Gasteiger partial charge in [0.2, 0.25) is 5.13 Å². The van der Waals surface area contributed by atoms with Crippen LogP contribution in [-0.4, -0.2) is 29.8 Å². The lowest BCUT2D eigenvalue weighted by molar-refractivity contribution is -0.137. The van der Waals surface area contributed by atoms with Crippen LogP contribution in [0.25, 0.3) is 22.0 Å². The smallest absolute Gasteiger partial charge is 0.361 e. The number of fused-ring (bicyclic) bond motifs is 1. The van der Waals surface area contributed by atoms with E-state index in [9.17, 15) is 21.6 Å². The van der Waals surface area contributed by atoms with Gasteiger partial charge in [-0.1, -0.05) is 22.0 Å². The fraction of sp³-hybridized carbons (Fsp3) is 0.111. The summed E-state index contributed by atoms with van der Waals surface area (Å²) in [6, 6.07) is 8.05. The molecule has 1 N–H and O–H groups in total. The number of aromatic amines is 1. The number of halogens is 4. The van der Waals surface area contributed by atoms with Crippen molar-refractivity contribution in [3.8, 4) is 11.1 Å². The molecule has 0 saturated carbocycles. The highest BCUT2D eigenvalue weighted by Crippen LogP contribution is 2.37. The second-order valence-corrected chi connectivity index (χ2v) is 9.98. The quantitative estimate of drug-likeness (QED) is 0.399. The number of anilines is 1. The minimum absolute atomic E-state index is 0.0197. The Morgan fingerprint density at radius 2 is 1.93 bits per heavy atom. The van der Waals surface area contributed by atoms with Crippen LogP contribution in [0.1, 0.15) is 5.56 Å². The van der Waals surface area contributed by atoms with E-state index in [1.165, 1.54) is 25.5 Å². The van der Waals surface area contributed by atoms with Crippen molar-refractivity contribution in [2.75, 3.05) is 11.4 Å². The van der Waals surface area contributed by atoms with Gasteiger partial charge in [-0.3, -0.25) is 0 Å². The Morgan fingerprint density at radius 3 is 2.60 bits per heavy atom. The van der Waals surface area contributed by atoms with Gasteiger partial charge in [-0.2, -0.15) is 17.5 Å². The number of benzene rings is 2. The minimum Gasteiger partial charge on any atom is -0.361 e. The Balaban J connectivity index is 1.78. The summed E-state index contributed by atoms with van der Waals surface area (Å²) in [7, 11) is -2.50. The van der Waals surface area contributed by atoms with E-state index >= 15 is 0 Å². The first-order chi connectivity index (χ1) is 14.1. The molecule has 156 valence electrons. The Morgan fingerprint density at radius 1 is 1.17 bits per heavy atom. The minimum atomic E-state index is -4.48. The number of hydrogen-bond donors (Lipinski definition) is 1. The first-order valence-corrected chi connectivity index (χ1v) is 11.3. The lowest BCUT2D eigenvalue weighted by Crippen LogP contribution is -2.26. The van der Waals surface area contributed by atoms with Crippen molar-refractivity contribution in [2.24, 2.45) is 0 Å². The molecule has 0 atom stereocenters. The van der Waals surface area contributed by atoms with Crippen LogP contribution in [0.3, 0.4) is 0 Å². The largest absolute Gasteiger partial charge is 0.416 e. The summed E-state index contributed by atoms with van der Waals surface area (Å²) < 4.78 is 70.4. The SMILES string of the molecule is CN(c1ncns1)S(=O)(=O)c1ccc2c(-c3cc(Br)cc(C(F)(F)F)c3)c[nH]c2c1.